The van der Waals surface area contributed by atoms with Gasteiger partial charge in [-0.15, -0.1) is 0 Å². The molecule has 0 spiro atoms. The van der Waals surface area contributed by atoms with Crippen molar-refractivity contribution in [2.24, 2.45) is 0 Å². The van der Waals surface area contributed by atoms with Crippen LogP contribution >= 0.6 is 0 Å². The Morgan fingerprint density at radius 1 is 0.658 bits per heavy atom. The van der Waals surface area contributed by atoms with E-state index in [2.05, 4.69) is 117 Å². The van der Waals surface area contributed by atoms with E-state index < -0.39 is 0 Å². The molecule has 38 heavy (non-hydrogen) atoms. The Morgan fingerprint density at radius 2 is 1.26 bits per heavy atom. The minimum atomic E-state index is 0. The Bertz CT molecular complexity index is 1410. The molecule has 0 aliphatic carbocycles. The first-order valence-corrected chi connectivity index (χ1v) is 12.0. The summed E-state index contributed by atoms with van der Waals surface area (Å²) in [4.78, 5) is 5.01. The van der Waals surface area contributed by atoms with Crippen LogP contribution in [-0.2, 0) is 25.8 Å². The normalized spacial score (nSPS) is 10.3. The predicted molar refractivity (Wildman–Crippen MR) is 163 cm³/mol. The molecule has 0 aliphatic heterocycles. The van der Waals surface area contributed by atoms with E-state index in [0.717, 1.165) is 28.2 Å². The van der Waals surface area contributed by atoms with Crippen LogP contribution in [0.4, 0.5) is 11.5 Å². The van der Waals surface area contributed by atoms with Gasteiger partial charge in [0.05, 0.1) is 0 Å². The van der Waals surface area contributed by atoms with Crippen molar-refractivity contribution >= 4 is 22.5 Å². The third-order valence-corrected chi connectivity index (χ3v) is 6.32. The molecule has 0 fully saturated rings. The summed E-state index contributed by atoms with van der Waals surface area (Å²) in [5.74, 6) is 1.53. The number of hydrogen-bond donors (Lipinski definition) is 0. The molecule has 0 saturated carbocycles. The maximum atomic E-state index is 5.09. The Hall–Kier alpha value is -2.98. The maximum absolute atomic E-state index is 5.09. The van der Waals surface area contributed by atoms with Crippen LogP contribution in [0.15, 0.2) is 97.2 Å². The molecule has 2 aromatic heterocycles. The summed E-state index contributed by atoms with van der Waals surface area (Å²) in [6.07, 6.45) is 2.09. The summed E-state index contributed by atoms with van der Waals surface area (Å²) in [5.41, 5.74) is 7.98. The maximum Gasteiger partial charge on any atom is 0.0458 e. The van der Waals surface area contributed by atoms with E-state index in [1.807, 2.05) is 12.1 Å². The van der Waals surface area contributed by atoms with Gasteiger partial charge in [-0.05, 0) is 63.4 Å². The van der Waals surface area contributed by atoms with E-state index in [0.29, 0.717) is 11.8 Å². The molecule has 0 N–H and O–H groups in total. The van der Waals surface area contributed by atoms with Crippen LogP contribution in [0.5, 0.6) is 0 Å². The molecule has 2 heterocycles. The summed E-state index contributed by atoms with van der Waals surface area (Å²) in [7, 11) is 0. The number of fused-ring (bicyclic) bond motifs is 1. The monoisotopic (exact) mass is 669 g/mol. The molecule has 5 aromatic rings. The molecule has 0 aliphatic rings. The van der Waals surface area contributed by atoms with Gasteiger partial charge in [0, 0.05) is 43.4 Å². The molecule has 3 aromatic carbocycles. The van der Waals surface area contributed by atoms with Crippen molar-refractivity contribution in [1.29, 1.82) is 0 Å². The van der Waals surface area contributed by atoms with E-state index in [1.165, 1.54) is 22.3 Å². The number of para-hydroxylation sites is 1. The molecule has 3 nitrogen and oxygen atoms in total. The number of aromatic nitrogens is 2. The van der Waals surface area contributed by atoms with Gasteiger partial charge in [0.2, 0.25) is 0 Å². The topological polar surface area (TPSA) is 31.9 Å². The van der Waals surface area contributed by atoms with Gasteiger partial charge in [-0.2, -0.15) is 0 Å². The van der Waals surface area contributed by atoms with Gasteiger partial charge >= 0.3 is 0 Å². The van der Waals surface area contributed by atoms with Crippen LogP contribution in [0.2, 0.25) is 0 Å². The van der Waals surface area contributed by atoms with Gasteiger partial charge in [-0.1, -0.05) is 106 Å². The zero-order valence-corrected chi connectivity index (χ0v) is 27.3. The van der Waals surface area contributed by atoms with E-state index in [4.69, 9.17) is 10.3 Å². The second-order valence-electron chi connectivity index (χ2n) is 9.39. The summed E-state index contributed by atoms with van der Waals surface area (Å²) < 4.78 is 2.15. The Kier molecular flexibility index (Phi) is 12.4. The summed E-state index contributed by atoms with van der Waals surface area (Å²) >= 11 is 0. The number of benzene rings is 3. The van der Waals surface area contributed by atoms with Crippen LogP contribution in [0, 0.1) is 22.3 Å². The van der Waals surface area contributed by atoms with Crippen molar-refractivity contribution in [2.75, 3.05) is 0 Å². The fourth-order valence-corrected chi connectivity index (χ4v) is 4.49. The van der Waals surface area contributed by atoms with E-state index in [-0.39, 0.29) is 48.1 Å². The molecule has 4 heteroatoms. The van der Waals surface area contributed by atoms with Crippen LogP contribution in [0.1, 0.15) is 50.7 Å². The third-order valence-electron chi connectivity index (χ3n) is 6.32. The van der Waals surface area contributed by atoms with E-state index in [1.54, 1.807) is 0 Å². The fourth-order valence-electron chi connectivity index (χ4n) is 4.49. The molecule has 0 bridgehead atoms. The second kappa shape index (κ2) is 14.2. The van der Waals surface area contributed by atoms with Crippen molar-refractivity contribution < 1.29 is 25.8 Å². The summed E-state index contributed by atoms with van der Waals surface area (Å²) in [6.45, 7) is 8.89. The SMILES string of the molecule is CC(C)c1cccc(C(C)C)c1[N-]c1ccc2ccn(-c3cccc(-c4ccccc4)c3)c2n1.[CH3-].[CH3-].[CH3-].[Hf]. The molecular formula is C34H39HfN3-4. The van der Waals surface area contributed by atoms with Gasteiger partial charge < -0.3 is 37.1 Å². The number of rotatable bonds is 6. The van der Waals surface area contributed by atoms with Crippen molar-refractivity contribution in [3.05, 3.63) is 136 Å². The number of nitrogens with zero attached hydrogens (tertiary/aromatic N) is 3. The standard InChI is InChI=1S/C31H30N3.3CH3.Hf/c1-21(2)27-14-9-15-28(22(3)4)30(27)32-29-17-16-24-18-19-34(31(24)33-29)26-13-8-12-25(20-26)23-10-6-5-7-11-23;;;;/h5-22H,1-4H3;3*1H3;/q4*-1;. The first-order chi connectivity index (χ1) is 16.5. The average Bonchev–Trinajstić information content (AvgIpc) is 3.28. The Labute approximate surface area is 249 Å². The first kappa shape index (κ1) is 33.0. The van der Waals surface area contributed by atoms with Crippen LogP contribution in [0.3, 0.4) is 0 Å². The summed E-state index contributed by atoms with van der Waals surface area (Å²) in [6, 6.07) is 31.8. The molecule has 0 unspecified atom stereocenters. The van der Waals surface area contributed by atoms with Crippen LogP contribution < -0.4 is 0 Å². The zero-order chi connectivity index (χ0) is 23.7. The smallest absolute Gasteiger partial charge is 0.0458 e. The average molecular weight is 668 g/mol. The zero-order valence-electron chi connectivity index (χ0n) is 23.7. The van der Waals surface area contributed by atoms with Crippen LogP contribution in [0.25, 0.3) is 33.2 Å². The molecule has 0 saturated heterocycles. The molecular weight excluding hydrogens is 629 g/mol. The molecule has 0 atom stereocenters. The quantitative estimate of drug-likeness (QED) is 0.131. The van der Waals surface area contributed by atoms with Gasteiger partial charge in [0.1, 0.15) is 0 Å². The minimum Gasteiger partial charge on any atom is -0.436 e. The number of pyridine rings is 1. The largest absolute Gasteiger partial charge is 0.436 e. The van der Waals surface area contributed by atoms with Gasteiger partial charge in [-0.3, -0.25) is 0 Å². The van der Waals surface area contributed by atoms with E-state index in [9.17, 15) is 0 Å². The summed E-state index contributed by atoms with van der Waals surface area (Å²) in [5, 5.41) is 6.19. The van der Waals surface area contributed by atoms with Gasteiger partial charge in [-0.25, -0.2) is 0 Å². The van der Waals surface area contributed by atoms with E-state index >= 15 is 0 Å². The molecule has 5 rings (SSSR count). The van der Waals surface area contributed by atoms with Gasteiger partial charge in [0.25, 0.3) is 0 Å². The van der Waals surface area contributed by atoms with Crippen molar-refractivity contribution in [1.82, 2.24) is 9.55 Å². The Morgan fingerprint density at radius 3 is 1.89 bits per heavy atom. The minimum absolute atomic E-state index is 0. The predicted octanol–water partition coefficient (Wildman–Crippen LogP) is 10.6. The van der Waals surface area contributed by atoms with Crippen molar-refractivity contribution in [3.8, 4) is 16.8 Å². The third kappa shape index (κ3) is 6.71. The van der Waals surface area contributed by atoms with Crippen molar-refractivity contribution in [3.63, 3.8) is 0 Å². The fraction of sp³-hybridized carbons (Fsp3) is 0.176. The second-order valence-corrected chi connectivity index (χ2v) is 9.39. The first-order valence-electron chi connectivity index (χ1n) is 12.0. The molecule has 198 valence electrons. The number of hydrogen-bond acceptors (Lipinski definition) is 1. The van der Waals surface area contributed by atoms with Crippen molar-refractivity contribution in [2.45, 2.75) is 39.5 Å². The molecule has 0 radical (unpaired) electrons. The Balaban J connectivity index is 0.00000180. The van der Waals surface area contributed by atoms with Gasteiger partial charge in [0.15, 0.2) is 0 Å². The van der Waals surface area contributed by atoms with Crippen LogP contribution in [-0.4, -0.2) is 9.55 Å². The molecule has 0 amide bonds.